The summed E-state index contributed by atoms with van der Waals surface area (Å²) >= 11 is 0. The molecule has 1 aliphatic rings. The maximum absolute atomic E-state index is 4.63. The lowest BCUT2D eigenvalue weighted by Gasteiger charge is -2.30. The van der Waals surface area contributed by atoms with Gasteiger partial charge in [-0.25, -0.2) is 4.98 Å². The Kier molecular flexibility index (Phi) is 3.33. The summed E-state index contributed by atoms with van der Waals surface area (Å²) in [6.07, 6.45) is 3.09. The smallest absolute Gasteiger partial charge is 0.134 e. The topological polar surface area (TPSA) is 24.9 Å². The number of nitrogens with one attached hydrogen (secondary N) is 1. The molecule has 0 fully saturated rings. The minimum atomic E-state index is 0.606. The van der Waals surface area contributed by atoms with Gasteiger partial charge in [0, 0.05) is 24.0 Å². The highest BCUT2D eigenvalue weighted by Gasteiger charge is 2.25. The van der Waals surface area contributed by atoms with Gasteiger partial charge in [-0.2, -0.15) is 0 Å². The van der Waals surface area contributed by atoms with E-state index in [0.717, 1.165) is 12.4 Å². The molecule has 2 nitrogen and oxygen atoms in total. The number of hydrogen-bond donors (Lipinski definition) is 1. The maximum atomic E-state index is 4.63. The van der Waals surface area contributed by atoms with Gasteiger partial charge in [0.15, 0.2) is 0 Å². The Balaban J connectivity index is 1.65. The summed E-state index contributed by atoms with van der Waals surface area (Å²) < 4.78 is 0. The number of aromatic nitrogens is 1. The Morgan fingerprint density at radius 2 is 1.91 bits per heavy atom. The Morgan fingerprint density at radius 3 is 2.74 bits per heavy atom. The zero-order valence-electron chi connectivity index (χ0n) is 14.0. The fourth-order valence-corrected chi connectivity index (χ4v) is 3.78. The molecule has 116 valence electrons. The molecule has 0 spiro atoms. The minimum Gasteiger partial charge on any atom is -0.369 e. The Hall–Kier alpha value is -2.35. The van der Waals surface area contributed by atoms with Crippen LogP contribution in [0.15, 0.2) is 42.6 Å². The molecule has 0 saturated carbocycles. The summed E-state index contributed by atoms with van der Waals surface area (Å²) in [6.45, 7) is 7.51. The van der Waals surface area contributed by atoms with E-state index >= 15 is 0 Å². The number of rotatable bonds is 3. The highest BCUT2D eigenvalue weighted by atomic mass is 15.0. The molecule has 1 heterocycles. The van der Waals surface area contributed by atoms with Crippen LogP contribution in [-0.4, -0.2) is 11.5 Å². The second-order valence-corrected chi connectivity index (χ2v) is 6.70. The molecule has 3 aromatic rings. The van der Waals surface area contributed by atoms with Crippen molar-refractivity contribution in [1.29, 1.82) is 0 Å². The van der Waals surface area contributed by atoms with Crippen LogP contribution in [0, 0.1) is 20.8 Å². The van der Waals surface area contributed by atoms with Gasteiger partial charge in [-0.1, -0.05) is 30.3 Å². The zero-order valence-corrected chi connectivity index (χ0v) is 14.0. The van der Waals surface area contributed by atoms with Gasteiger partial charge in [0.05, 0.1) is 0 Å². The fraction of sp³-hybridized carbons (Fsp3) is 0.286. The van der Waals surface area contributed by atoms with E-state index in [1.165, 1.54) is 45.0 Å². The van der Waals surface area contributed by atoms with Crippen LogP contribution in [0.4, 0.5) is 5.82 Å². The number of pyridine rings is 1. The predicted molar refractivity (Wildman–Crippen MR) is 97.3 cm³/mol. The third-order valence-electron chi connectivity index (χ3n) is 5.25. The first-order chi connectivity index (χ1) is 11.1. The highest BCUT2D eigenvalue weighted by Crippen LogP contribution is 2.36. The van der Waals surface area contributed by atoms with Crippen molar-refractivity contribution in [2.45, 2.75) is 33.1 Å². The molecule has 1 N–H and O–H groups in total. The monoisotopic (exact) mass is 302 g/mol. The molecular formula is C21H22N2. The second kappa shape index (κ2) is 5.38. The van der Waals surface area contributed by atoms with E-state index in [1.54, 1.807) is 0 Å². The van der Waals surface area contributed by atoms with Gasteiger partial charge in [-0.3, -0.25) is 0 Å². The largest absolute Gasteiger partial charge is 0.369 e. The van der Waals surface area contributed by atoms with E-state index in [1.807, 2.05) is 6.20 Å². The van der Waals surface area contributed by atoms with Crippen molar-refractivity contribution < 1.29 is 0 Å². The number of hydrogen-bond acceptors (Lipinski definition) is 2. The molecule has 1 aromatic heterocycles. The first-order valence-electron chi connectivity index (χ1n) is 8.32. The third-order valence-corrected chi connectivity index (χ3v) is 5.25. The van der Waals surface area contributed by atoms with Gasteiger partial charge in [0.2, 0.25) is 0 Å². The summed E-state index contributed by atoms with van der Waals surface area (Å²) in [5.74, 6) is 1.63. The average Bonchev–Trinajstić information content (AvgIpc) is 2.53. The normalized spacial score (nSPS) is 16.0. The first-order valence-corrected chi connectivity index (χ1v) is 8.32. The minimum absolute atomic E-state index is 0.606. The average molecular weight is 302 g/mol. The molecule has 0 aliphatic heterocycles. The number of benzene rings is 2. The summed E-state index contributed by atoms with van der Waals surface area (Å²) in [6, 6.07) is 13.1. The summed E-state index contributed by atoms with van der Waals surface area (Å²) in [7, 11) is 0. The lowest BCUT2D eigenvalue weighted by Crippen LogP contribution is -2.24. The van der Waals surface area contributed by atoms with E-state index in [4.69, 9.17) is 0 Å². The maximum Gasteiger partial charge on any atom is 0.134 e. The van der Waals surface area contributed by atoms with Gasteiger partial charge < -0.3 is 5.32 Å². The number of aryl methyl sites for hydroxylation is 3. The molecule has 1 atom stereocenters. The molecule has 1 aliphatic carbocycles. The van der Waals surface area contributed by atoms with Crippen LogP contribution in [0.2, 0.25) is 0 Å². The number of anilines is 1. The van der Waals surface area contributed by atoms with Crippen molar-refractivity contribution in [3.05, 3.63) is 70.4 Å². The van der Waals surface area contributed by atoms with E-state index in [0.29, 0.717) is 5.92 Å². The van der Waals surface area contributed by atoms with Crippen LogP contribution >= 0.6 is 0 Å². The second-order valence-electron chi connectivity index (χ2n) is 6.70. The molecule has 0 amide bonds. The van der Waals surface area contributed by atoms with Crippen LogP contribution in [0.3, 0.4) is 0 Å². The van der Waals surface area contributed by atoms with Crippen molar-refractivity contribution in [2.24, 2.45) is 0 Å². The SMILES string of the molecule is Cc1cc(C)c2ccnc(NCC3Cc4ccccc43)c2c1C. The Bertz CT molecular complexity index is 896. The number of fused-ring (bicyclic) bond motifs is 2. The fourth-order valence-electron chi connectivity index (χ4n) is 3.78. The number of nitrogens with zero attached hydrogens (tertiary/aromatic N) is 1. The van der Waals surface area contributed by atoms with Gasteiger partial charge in [-0.05, 0) is 66.5 Å². The standard InChI is InChI=1S/C21H22N2/c1-13-10-14(2)18-8-9-22-21(20(18)15(13)3)23-12-17-11-16-6-4-5-7-19(16)17/h4-10,17H,11-12H2,1-3H3,(H,22,23). The zero-order chi connectivity index (χ0) is 16.0. The predicted octanol–water partition coefficient (Wildman–Crippen LogP) is 4.91. The summed E-state index contributed by atoms with van der Waals surface area (Å²) in [4.78, 5) is 4.63. The Labute approximate surface area is 137 Å². The summed E-state index contributed by atoms with van der Waals surface area (Å²) in [5.41, 5.74) is 6.97. The lowest BCUT2D eigenvalue weighted by atomic mass is 9.77. The Morgan fingerprint density at radius 1 is 1.09 bits per heavy atom. The molecule has 0 radical (unpaired) electrons. The van der Waals surface area contributed by atoms with Crippen LogP contribution < -0.4 is 5.32 Å². The van der Waals surface area contributed by atoms with Crippen LogP contribution in [0.1, 0.15) is 33.7 Å². The molecule has 2 heteroatoms. The van der Waals surface area contributed by atoms with Crippen molar-refractivity contribution in [3.8, 4) is 0 Å². The molecule has 0 saturated heterocycles. The molecule has 0 bridgehead atoms. The summed E-state index contributed by atoms with van der Waals surface area (Å²) in [5, 5.41) is 6.20. The lowest BCUT2D eigenvalue weighted by molar-refractivity contribution is 0.635. The van der Waals surface area contributed by atoms with E-state index in [2.05, 4.69) is 67.5 Å². The van der Waals surface area contributed by atoms with E-state index in [9.17, 15) is 0 Å². The molecule has 4 rings (SSSR count). The van der Waals surface area contributed by atoms with E-state index in [-0.39, 0.29) is 0 Å². The molecular weight excluding hydrogens is 280 g/mol. The quantitative estimate of drug-likeness (QED) is 0.743. The van der Waals surface area contributed by atoms with Crippen LogP contribution in [0.5, 0.6) is 0 Å². The highest BCUT2D eigenvalue weighted by molar-refractivity contribution is 5.97. The van der Waals surface area contributed by atoms with Gasteiger partial charge in [-0.15, -0.1) is 0 Å². The van der Waals surface area contributed by atoms with Gasteiger partial charge >= 0.3 is 0 Å². The molecule has 1 unspecified atom stereocenters. The van der Waals surface area contributed by atoms with Crippen molar-refractivity contribution >= 4 is 16.6 Å². The molecule has 2 aromatic carbocycles. The van der Waals surface area contributed by atoms with E-state index < -0.39 is 0 Å². The van der Waals surface area contributed by atoms with Crippen molar-refractivity contribution in [3.63, 3.8) is 0 Å². The molecule has 23 heavy (non-hydrogen) atoms. The van der Waals surface area contributed by atoms with Gasteiger partial charge in [0.25, 0.3) is 0 Å². The third kappa shape index (κ3) is 2.29. The van der Waals surface area contributed by atoms with Crippen LogP contribution in [-0.2, 0) is 6.42 Å². The van der Waals surface area contributed by atoms with Crippen molar-refractivity contribution in [2.75, 3.05) is 11.9 Å². The van der Waals surface area contributed by atoms with Crippen molar-refractivity contribution in [1.82, 2.24) is 4.98 Å². The van der Waals surface area contributed by atoms with Crippen LogP contribution in [0.25, 0.3) is 10.8 Å². The van der Waals surface area contributed by atoms with Gasteiger partial charge in [0.1, 0.15) is 5.82 Å². The first kappa shape index (κ1) is 14.3.